The van der Waals surface area contributed by atoms with E-state index >= 15 is 0 Å². The van der Waals surface area contributed by atoms with Crippen LogP contribution in [-0.4, -0.2) is 35.9 Å². The predicted molar refractivity (Wildman–Crippen MR) is 123 cm³/mol. The van der Waals surface area contributed by atoms with Gasteiger partial charge in [-0.2, -0.15) is 0 Å². The summed E-state index contributed by atoms with van der Waals surface area (Å²) >= 11 is 0. The van der Waals surface area contributed by atoms with Gasteiger partial charge in [0, 0.05) is 40.1 Å². The number of hydrogen-bond acceptors (Lipinski definition) is 5. The zero-order valence-electron chi connectivity index (χ0n) is 19.1. The number of nitrogens with two attached hydrogens (primary N) is 1. The van der Waals surface area contributed by atoms with Crippen LogP contribution in [-0.2, 0) is 14.8 Å². The van der Waals surface area contributed by atoms with E-state index < -0.39 is 16.0 Å². The van der Waals surface area contributed by atoms with Crippen molar-refractivity contribution in [2.45, 2.75) is 51.5 Å². The van der Waals surface area contributed by atoms with E-state index in [2.05, 4.69) is 4.57 Å². The summed E-state index contributed by atoms with van der Waals surface area (Å²) in [6.45, 7) is 7.14. The first-order valence-electron chi connectivity index (χ1n) is 10.7. The maximum atomic E-state index is 12.9. The number of esters is 1. The Morgan fingerprint density at radius 3 is 2.15 bits per heavy atom. The fraction of sp³-hybridized carbons (Fsp3) is 0.333. The van der Waals surface area contributed by atoms with Crippen LogP contribution in [0.25, 0.3) is 5.69 Å². The number of nitrogens with zero attached hydrogens (tertiary/aromatic N) is 2. The Bertz CT molecular complexity index is 1360. The maximum absolute atomic E-state index is 12.9. The highest BCUT2D eigenvalue weighted by molar-refractivity contribution is 7.89. The van der Waals surface area contributed by atoms with Crippen LogP contribution in [0.5, 0.6) is 0 Å². The summed E-state index contributed by atoms with van der Waals surface area (Å²) in [6, 6.07) is 10.1. The highest BCUT2D eigenvalue weighted by Crippen LogP contribution is 2.38. The van der Waals surface area contributed by atoms with Crippen LogP contribution in [0.3, 0.4) is 0 Å². The average Bonchev–Trinajstić information content (AvgIpc) is 3.47. The number of aromatic nitrogens is 2. The Morgan fingerprint density at radius 1 is 0.970 bits per heavy atom. The van der Waals surface area contributed by atoms with Gasteiger partial charge < -0.3 is 13.9 Å². The topological polar surface area (TPSA) is 113 Å². The number of ether oxygens (including phenoxy) is 1. The number of carbonyl (C=O) groups excluding carboxylic acids is 2. The molecule has 1 aliphatic rings. The molecule has 174 valence electrons. The number of benzene rings is 1. The van der Waals surface area contributed by atoms with Crippen molar-refractivity contribution in [3.63, 3.8) is 0 Å². The lowest BCUT2D eigenvalue weighted by Gasteiger charge is -2.11. The molecule has 3 aromatic rings. The van der Waals surface area contributed by atoms with Gasteiger partial charge in [0.15, 0.2) is 6.61 Å². The third-order valence-corrected chi connectivity index (χ3v) is 7.03. The first-order valence-corrected chi connectivity index (χ1v) is 12.2. The van der Waals surface area contributed by atoms with E-state index in [0.29, 0.717) is 28.6 Å². The molecule has 1 saturated carbocycles. The van der Waals surface area contributed by atoms with E-state index in [1.165, 1.54) is 12.1 Å². The van der Waals surface area contributed by atoms with Crippen molar-refractivity contribution in [3.8, 4) is 5.69 Å². The van der Waals surface area contributed by atoms with Crippen LogP contribution >= 0.6 is 0 Å². The standard InChI is InChI=1S/C24H27N3O5S/c1-14-11-21(16(3)26(14)19-7-9-20(10-8-19)33(25,30)31)23(28)13-32-24(29)22-12-15(2)27(17(22)4)18-5-6-18/h7-12,18H,5-6,13H2,1-4H3,(H2,25,30,31). The van der Waals surface area contributed by atoms with Crippen molar-refractivity contribution in [2.24, 2.45) is 5.14 Å². The van der Waals surface area contributed by atoms with Gasteiger partial charge in [0.2, 0.25) is 15.8 Å². The second kappa shape index (κ2) is 8.31. The lowest BCUT2D eigenvalue weighted by Crippen LogP contribution is -2.15. The smallest absolute Gasteiger partial charge is 0.340 e. The molecule has 2 heterocycles. The van der Waals surface area contributed by atoms with Gasteiger partial charge in [-0.05, 0) is 76.9 Å². The molecule has 2 N–H and O–H groups in total. The number of Topliss-reactive ketones (excluding diaryl/α,β-unsaturated/α-hetero) is 1. The van der Waals surface area contributed by atoms with Crippen molar-refractivity contribution in [1.82, 2.24) is 9.13 Å². The molecule has 1 aliphatic carbocycles. The van der Waals surface area contributed by atoms with Gasteiger partial charge in [-0.15, -0.1) is 0 Å². The van der Waals surface area contributed by atoms with Crippen molar-refractivity contribution in [1.29, 1.82) is 0 Å². The Hall–Kier alpha value is -3.17. The van der Waals surface area contributed by atoms with Gasteiger partial charge in [0.05, 0.1) is 10.5 Å². The van der Waals surface area contributed by atoms with E-state index in [1.807, 2.05) is 31.4 Å². The fourth-order valence-corrected chi connectivity index (χ4v) is 4.91. The fourth-order valence-electron chi connectivity index (χ4n) is 4.39. The molecule has 2 aromatic heterocycles. The molecule has 0 radical (unpaired) electrons. The van der Waals surface area contributed by atoms with Crippen molar-refractivity contribution < 1.29 is 22.7 Å². The van der Waals surface area contributed by atoms with Crippen molar-refractivity contribution in [2.75, 3.05) is 6.61 Å². The zero-order valence-corrected chi connectivity index (χ0v) is 19.9. The number of aryl methyl sites for hydroxylation is 2. The molecule has 0 atom stereocenters. The molecule has 0 unspecified atom stereocenters. The summed E-state index contributed by atoms with van der Waals surface area (Å²) < 4.78 is 32.4. The van der Waals surface area contributed by atoms with E-state index in [0.717, 1.165) is 29.9 Å². The van der Waals surface area contributed by atoms with E-state index in [4.69, 9.17) is 9.88 Å². The van der Waals surface area contributed by atoms with Crippen molar-refractivity contribution >= 4 is 21.8 Å². The zero-order chi connectivity index (χ0) is 24.1. The molecule has 0 bridgehead atoms. The lowest BCUT2D eigenvalue weighted by molar-refractivity contribution is 0.0473. The highest BCUT2D eigenvalue weighted by Gasteiger charge is 2.29. The van der Waals surface area contributed by atoms with E-state index in [1.54, 1.807) is 25.1 Å². The molecule has 0 saturated heterocycles. The largest absolute Gasteiger partial charge is 0.454 e. The van der Waals surface area contributed by atoms with E-state index in [-0.39, 0.29) is 17.3 Å². The summed E-state index contributed by atoms with van der Waals surface area (Å²) in [7, 11) is -3.79. The normalized spacial score (nSPS) is 13.8. The number of rotatable bonds is 7. The lowest BCUT2D eigenvalue weighted by atomic mass is 10.1. The summed E-state index contributed by atoms with van der Waals surface area (Å²) in [5.41, 5.74) is 4.98. The molecule has 9 heteroatoms. The van der Waals surface area contributed by atoms with Crippen LogP contribution in [0, 0.1) is 27.7 Å². The Labute approximate surface area is 193 Å². The number of ketones is 1. The minimum absolute atomic E-state index is 0.0120. The average molecular weight is 470 g/mol. The highest BCUT2D eigenvalue weighted by atomic mass is 32.2. The first kappa shape index (κ1) is 23.0. The second-order valence-corrected chi connectivity index (χ2v) is 10.1. The monoisotopic (exact) mass is 469 g/mol. The summed E-state index contributed by atoms with van der Waals surface area (Å²) in [4.78, 5) is 25.5. The first-order chi connectivity index (χ1) is 15.5. The number of primary sulfonamides is 1. The third kappa shape index (κ3) is 4.38. The SMILES string of the molecule is Cc1cc(C(=O)COC(=O)c2cc(C)n(C3CC3)c2C)c(C)n1-c1ccc(S(N)(=O)=O)cc1. The molecular weight excluding hydrogens is 442 g/mol. The van der Waals surface area contributed by atoms with Gasteiger partial charge in [-0.1, -0.05) is 0 Å². The van der Waals surface area contributed by atoms with Crippen LogP contribution < -0.4 is 5.14 Å². The van der Waals surface area contributed by atoms with Gasteiger partial charge in [-0.25, -0.2) is 18.4 Å². The minimum atomic E-state index is -3.79. The van der Waals surface area contributed by atoms with E-state index in [9.17, 15) is 18.0 Å². The second-order valence-electron chi connectivity index (χ2n) is 8.54. The molecule has 0 aliphatic heterocycles. The van der Waals surface area contributed by atoms with Crippen LogP contribution in [0.2, 0.25) is 0 Å². The Kier molecular flexibility index (Phi) is 5.79. The predicted octanol–water partition coefficient (Wildman–Crippen LogP) is 3.53. The van der Waals surface area contributed by atoms with Crippen LogP contribution in [0.15, 0.2) is 41.3 Å². The van der Waals surface area contributed by atoms with Gasteiger partial charge in [0.1, 0.15) is 0 Å². The Morgan fingerprint density at radius 2 is 1.58 bits per heavy atom. The molecule has 1 fully saturated rings. The maximum Gasteiger partial charge on any atom is 0.340 e. The van der Waals surface area contributed by atoms with Gasteiger partial charge >= 0.3 is 5.97 Å². The summed E-state index contributed by atoms with van der Waals surface area (Å²) in [5, 5.41) is 5.16. The van der Waals surface area contributed by atoms with Crippen molar-refractivity contribution in [3.05, 3.63) is 70.3 Å². The molecule has 0 amide bonds. The van der Waals surface area contributed by atoms with Gasteiger partial charge in [0.25, 0.3) is 0 Å². The molecule has 0 spiro atoms. The third-order valence-electron chi connectivity index (χ3n) is 6.11. The number of sulfonamides is 1. The number of hydrogen-bond donors (Lipinski definition) is 1. The van der Waals surface area contributed by atoms with Crippen LogP contribution in [0.4, 0.5) is 0 Å². The molecule has 8 nitrogen and oxygen atoms in total. The Balaban J connectivity index is 1.51. The minimum Gasteiger partial charge on any atom is -0.454 e. The molecule has 33 heavy (non-hydrogen) atoms. The quantitative estimate of drug-likeness (QED) is 0.420. The summed E-state index contributed by atoms with van der Waals surface area (Å²) in [6.07, 6.45) is 2.23. The molecular formula is C24H27N3O5S. The molecule has 1 aromatic carbocycles. The van der Waals surface area contributed by atoms with Gasteiger partial charge in [-0.3, -0.25) is 4.79 Å². The molecule has 4 rings (SSSR count). The number of carbonyl (C=O) groups is 2. The van der Waals surface area contributed by atoms with Crippen LogP contribution in [0.1, 0.15) is 62.4 Å². The summed E-state index contributed by atoms with van der Waals surface area (Å²) in [5.74, 6) is -0.810.